The van der Waals surface area contributed by atoms with Gasteiger partial charge in [-0.2, -0.15) is 0 Å². The van der Waals surface area contributed by atoms with Crippen LogP contribution in [0.2, 0.25) is 0 Å². The van der Waals surface area contributed by atoms with Gasteiger partial charge >= 0.3 is 0 Å². The maximum atomic E-state index is 12.2. The highest BCUT2D eigenvalue weighted by molar-refractivity contribution is 5.76. The maximum absolute atomic E-state index is 12.2. The summed E-state index contributed by atoms with van der Waals surface area (Å²) < 4.78 is 0. The van der Waals surface area contributed by atoms with Crippen molar-refractivity contribution in [2.75, 3.05) is 20.6 Å². The molecule has 0 aromatic carbocycles. The molecule has 116 valence electrons. The predicted octanol–water partition coefficient (Wildman–Crippen LogP) is 1.88. The average molecular weight is 281 g/mol. The molecule has 0 saturated heterocycles. The molecule has 4 heteroatoms. The molecule has 2 aliphatic rings. The van der Waals surface area contributed by atoms with Crippen molar-refractivity contribution in [3.8, 4) is 0 Å². The largest absolute Gasteiger partial charge is 0.354 e. The first-order valence-corrected chi connectivity index (χ1v) is 8.21. The molecule has 0 heterocycles. The molecule has 2 rings (SSSR count). The van der Waals surface area contributed by atoms with Gasteiger partial charge in [-0.15, -0.1) is 0 Å². The van der Waals surface area contributed by atoms with Crippen molar-refractivity contribution in [2.24, 2.45) is 11.7 Å². The first kappa shape index (κ1) is 15.8. The minimum Gasteiger partial charge on any atom is -0.354 e. The Kier molecular flexibility index (Phi) is 5.44. The molecule has 0 aromatic rings. The molecule has 0 spiro atoms. The molecule has 0 bridgehead atoms. The normalized spacial score (nSPS) is 29.6. The second kappa shape index (κ2) is 6.90. The van der Waals surface area contributed by atoms with Crippen molar-refractivity contribution in [1.29, 1.82) is 0 Å². The third-order valence-electron chi connectivity index (χ3n) is 5.40. The molecule has 2 saturated carbocycles. The number of carbonyl (C=O) groups is 1. The number of nitrogens with one attached hydrogen (secondary N) is 1. The summed E-state index contributed by atoms with van der Waals surface area (Å²) in [5, 5.41) is 3.19. The van der Waals surface area contributed by atoms with Gasteiger partial charge in [-0.1, -0.05) is 19.3 Å². The summed E-state index contributed by atoms with van der Waals surface area (Å²) in [6.07, 6.45) is 10.1. The first-order chi connectivity index (χ1) is 9.52. The SMILES string of the molecule is CN(C)C1(CNC(=O)CC2CCCC(N)C2)CCCC1. The van der Waals surface area contributed by atoms with E-state index in [4.69, 9.17) is 5.73 Å². The van der Waals surface area contributed by atoms with Gasteiger partial charge in [0.1, 0.15) is 0 Å². The lowest BCUT2D eigenvalue weighted by Gasteiger charge is -2.36. The Morgan fingerprint density at radius 2 is 1.95 bits per heavy atom. The fourth-order valence-corrected chi connectivity index (χ4v) is 3.93. The minimum atomic E-state index is 0.193. The Bertz CT molecular complexity index is 324. The van der Waals surface area contributed by atoms with E-state index in [9.17, 15) is 4.79 Å². The number of hydrogen-bond donors (Lipinski definition) is 2. The zero-order valence-corrected chi connectivity index (χ0v) is 13.2. The summed E-state index contributed by atoms with van der Waals surface area (Å²) in [6, 6.07) is 0.310. The third kappa shape index (κ3) is 3.95. The number of nitrogens with zero attached hydrogens (tertiary/aromatic N) is 1. The monoisotopic (exact) mass is 281 g/mol. The second-order valence-corrected chi connectivity index (χ2v) is 7.10. The van der Waals surface area contributed by atoms with Gasteiger partial charge in [0.05, 0.1) is 0 Å². The van der Waals surface area contributed by atoms with Gasteiger partial charge < -0.3 is 16.0 Å². The van der Waals surface area contributed by atoms with E-state index in [2.05, 4.69) is 24.3 Å². The molecule has 20 heavy (non-hydrogen) atoms. The number of carbonyl (C=O) groups excluding carboxylic acids is 1. The molecule has 1 amide bonds. The van der Waals surface area contributed by atoms with Crippen molar-refractivity contribution in [1.82, 2.24) is 10.2 Å². The summed E-state index contributed by atoms with van der Waals surface area (Å²) in [5.74, 6) is 0.717. The molecule has 3 N–H and O–H groups in total. The number of rotatable bonds is 5. The van der Waals surface area contributed by atoms with E-state index in [0.717, 1.165) is 19.4 Å². The van der Waals surface area contributed by atoms with E-state index in [1.807, 2.05) is 0 Å². The van der Waals surface area contributed by atoms with Crippen molar-refractivity contribution in [3.05, 3.63) is 0 Å². The second-order valence-electron chi connectivity index (χ2n) is 7.10. The molecule has 4 nitrogen and oxygen atoms in total. The predicted molar refractivity (Wildman–Crippen MR) is 82.4 cm³/mol. The summed E-state index contributed by atoms with van der Waals surface area (Å²) in [5.41, 5.74) is 6.19. The fourth-order valence-electron chi connectivity index (χ4n) is 3.93. The Hall–Kier alpha value is -0.610. The molecule has 2 atom stereocenters. The summed E-state index contributed by atoms with van der Waals surface area (Å²) in [4.78, 5) is 14.5. The minimum absolute atomic E-state index is 0.193. The van der Waals surface area contributed by atoms with Crippen molar-refractivity contribution in [2.45, 2.75) is 69.4 Å². The molecule has 0 aliphatic heterocycles. The van der Waals surface area contributed by atoms with Crippen molar-refractivity contribution >= 4 is 5.91 Å². The van der Waals surface area contributed by atoms with Crippen LogP contribution < -0.4 is 11.1 Å². The summed E-state index contributed by atoms with van der Waals surface area (Å²) in [6.45, 7) is 0.803. The van der Waals surface area contributed by atoms with Crippen LogP contribution in [0.5, 0.6) is 0 Å². The van der Waals surface area contributed by atoms with Crippen LogP contribution in [0.25, 0.3) is 0 Å². The molecule has 0 radical (unpaired) electrons. The van der Waals surface area contributed by atoms with E-state index in [-0.39, 0.29) is 11.4 Å². The number of amides is 1. The highest BCUT2D eigenvalue weighted by Crippen LogP contribution is 2.33. The smallest absolute Gasteiger partial charge is 0.220 e. The lowest BCUT2D eigenvalue weighted by Crippen LogP contribution is -2.51. The van der Waals surface area contributed by atoms with E-state index >= 15 is 0 Å². The highest BCUT2D eigenvalue weighted by atomic mass is 16.1. The lowest BCUT2D eigenvalue weighted by molar-refractivity contribution is -0.122. The molecular weight excluding hydrogens is 250 g/mol. The first-order valence-electron chi connectivity index (χ1n) is 8.21. The van der Waals surface area contributed by atoms with Crippen LogP contribution in [0.15, 0.2) is 0 Å². The molecule has 2 aliphatic carbocycles. The Balaban J connectivity index is 1.76. The molecule has 2 fully saturated rings. The van der Waals surface area contributed by atoms with E-state index in [0.29, 0.717) is 18.4 Å². The number of nitrogens with two attached hydrogens (primary N) is 1. The molecular formula is C16H31N3O. The van der Waals surface area contributed by atoms with Crippen molar-refractivity contribution < 1.29 is 4.79 Å². The van der Waals surface area contributed by atoms with Gasteiger partial charge in [0.25, 0.3) is 0 Å². The standard InChI is InChI=1S/C16H31N3O/c1-19(2)16(8-3-4-9-16)12-18-15(20)11-13-6-5-7-14(17)10-13/h13-14H,3-12,17H2,1-2H3,(H,18,20). The van der Waals surface area contributed by atoms with Crippen LogP contribution in [0, 0.1) is 5.92 Å². The van der Waals surface area contributed by atoms with E-state index < -0.39 is 0 Å². The summed E-state index contributed by atoms with van der Waals surface area (Å²) in [7, 11) is 4.27. The van der Waals surface area contributed by atoms with Crippen LogP contribution in [0.3, 0.4) is 0 Å². The van der Waals surface area contributed by atoms with Crippen LogP contribution >= 0.6 is 0 Å². The molecule has 0 aromatic heterocycles. The molecule has 2 unspecified atom stereocenters. The Morgan fingerprint density at radius 3 is 2.55 bits per heavy atom. The van der Waals surface area contributed by atoms with E-state index in [1.54, 1.807) is 0 Å². The number of likely N-dealkylation sites (N-methyl/N-ethyl adjacent to an activating group) is 1. The highest BCUT2D eigenvalue weighted by Gasteiger charge is 2.36. The lowest BCUT2D eigenvalue weighted by atomic mass is 9.84. The van der Waals surface area contributed by atoms with Crippen LogP contribution in [0.4, 0.5) is 0 Å². The summed E-state index contributed by atoms with van der Waals surface area (Å²) >= 11 is 0. The van der Waals surface area contributed by atoms with Gasteiger partial charge in [0.2, 0.25) is 5.91 Å². The van der Waals surface area contributed by atoms with Gasteiger partial charge in [-0.05, 0) is 52.1 Å². The van der Waals surface area contributed by atoms with Crippen LogP contribution in [-0.4, -0.2) is 43.0 Å². The van der Waals surface area contributed by atoms with Gasteiger partial charge in [-0.25, -0.2) is 0 Å². The Labute approximate surface area is 123 Å². The zero-order valence-electron chi connectivity index (χ0n) is 13.2. The number of hydrogen-bond acceptors (Lipinski definition) is 3. The van der Waals surface area contributed by atoms with Crippen molar-refractivity contribution in [3.63, 3.8) is 0 Å². The Morgan fingerprint density at radius 1 is 1.25 bits per heavy atom. The zero-order chi connectivity index (χ0) is 14.6. The fraction of sp³-hybridized carbons (Fsp3) is 0.938. The van der Waals surface area contributed by atoms with Crippen LogP contribution in [0.1, 0.15) is 57.8 Å². The topological polar surface area (TPSA) is 58.4 Å². The van der Waals surface area contributed by atoms with Gasteiger partial charge in [0, 0.05) is 24.5 Å². The average Bonchev–Trinajstić information content (AvgIpc) is 2.86. The van der Waals surface area contributed by atoms with Gasteiger partial charge in [-0.3, -0.25) is 4.79 Å². The van der Waals surface area contributed by atoms with Crippen LogP contribution in [-0.2, 0) is 4.79 Å². The quantitative estimate of drug-likeness (QED) is 0.809. The van der Waals surface area contributed by atoms with Gasteiger partial charge in [0.15, 0.2) is 0 Å². The maximum Gasteiger partial charge on any atom is 0.220 e. The van der Waals surface area contributed by atoms with E-state index in [1.165, 1.54) is 38.5 Å². The third-order valence-corrected chi connectivity index (χ3v) is 5.40.